The van der Waals surface area contributed by atoms with Gasteiger partial charge >= 0.3 is 6.03 Å². The summed E-state index contributed by atoms with van der Waals surface area (Å²) in [7, 11) is 0. The molecule has 1 saturated heterocycles. The topological polar surface area (TPSA) is 55.8 Å². The average molecular weight is 340 g/mol. The minimum absolute atomic E-state index is 0.00353. The molecule has 0 spiro atoms. The van der Waals surface area contributed by atoms with Gasteiger partial charge in [-0.15, -0.1) is 0 Å². The Bertz CT molecular complexity index is 512. The molecule has 1 aliphatic heterocycles. The van der Waals surface area contributed by atoms with Crippen molar-refractivity contribution in [2.45, 2.75) is 32.2 Å². The number of hydrogen-bond donors (Lipinski definition) is 2. The van der Waals surface area contributed by atoms with Crippen LogP contribution in [-0.4, -0.2) is 54.9 Å². The summed E-state index contributed by atoms with van der Waals surface area (Å²) in [6, 6.07) is 7.84. The minimum atomic E-state index is -0.0783. The number of carbonyl (C=O) groups excluding carboxylic acids is 1. The van der Waals surface area contributed by atoms with Gasteiger partial charge in [0.15, 0.2) is 0 Å². The molecule has 1 fully saturated rings. The van der Waals surface area contributed by atoms with Crippen LogP contribution in [0.2, 0.25) is 5.02 Å². The summed E-state index contributed by atoms with van der Waals surface area (Å²) in [5, 5.41) is 12.9. The van der Waals surface area contributed by atoms with E-state index in [0.29, 0.717) is 13.1 Å². The van der Waals surface area contributed by atoms with Crippen molar-refractivity contribution in [3.8, 4) is 0 Å². The number of unbranched alkanes of at least 4 members (excludes halogenated alkanes) is 1. The van der Waals surface area contributed by atoms with E-state index in [9.17, 15) is 4.79 Å². The molecule has 0 bridgehead atoms. The van der Waals surface area contributed by atoms with Crippen LogP contribution >= 0.6 is 11.6 Å². The highest BCUT2D eigenvalue weighted by molar-refractivity contribution is 6.30. The summed E-state index contributed by atoms with van der Waals surface area (Å²) in [4.78, 5) is 16.3. The molecule has 1 aliphatic rings. The highest BCUT2D eigenvalue weighted by Crippen LogP contribution is 2.23. The molecule has 0 aromatic heterocycles. The van der Waals surface area contributed by atoms with E-state index >= 15 is 0 Å². The molecule has 1 unspecified atom stereocenters. The predicted octanol–water partition coefficient (Wildman–Crippen LogP) is 2.72. The maximum Gasteiger partial charge on any atom is 0.317 e. The Morgan fingerprint density at radius 1 is 1.48 bits per heavy atom. The van der Waals surface area contributed by atoms with Gasteiger partial charge in [-0.1, -0.05) is 31.0 Å². The SMILES string of the molecule is CCCCN(CCO)C(=O)NC1CCN(c2cccc(Cl)c2)C1. The van der Waals surface area contributed by atoms with E-state index < -0.39 is 0 Å². The summed E-state index contributed by atoms with van der Waals surface area (Å²) in [6.45, 7) is 4.85. The average Bonchev–Trinajstić information content (AvgIpc) is 3.00. The van der Waals surface area contributed by atoms with Crippen molar-refractivity contribution in [3.63, 3.8) is 0 Å². The number of carbonyl (C=O) groups is 1. The first-order chi connectivity index (χ1) is 11.1. The lowest BCUT2D eigenvalue weighted by molar-refractivity contribution is 0.173. The molecular weight excluding hydrogens is 314 g/mol. The number of aliphatic hydroxyl groups is 1. The Morgan fingerprint density at radius 2 is 2.30 bits per heavy atom. The number of benzene rings is 1. The molecule has 0 saturated carbocycles. The second kappa shape index (κ2) is 8.99. The first-order valence-corrected chi connectivity index (χ1v) is 8.68. The van der Waals surface area contributed by atoms with E-state index in [1.54, 1.807) is 4.90 Å². The smallest absolute Gasteiger partial charge is 0.317 e. The molecule has 1 heterocycles. The van der Waals surface area contributed by atoms with E-state index in [1.807, 2.05) is 24.3 Å². The largest absolute Gasteiger partial charge is 0.395 e. The summed E-state index contributed by atoms with van der Waals surface area (Å²) in [5.41, 5.74) is 1.09. The zero-order valence-electron chi connectivity index (χ0n) is 13.7. The molecule has 1 atom stereocenters. The fourth-order valence-electron chi connectivity index (χ4n) is 2.84. The Kier molecular flexibility index (Phi) is 6.99. The van der Waals surface area contributed by atoms with Crippen LogP contribution < -0.4 is 10.2 Å². The van der Waals surface area contributed by atoms with Gasteiger partial charge in [-0.25, -0.2) is 4.79 Å². The van der Waals surface area contributed by atoms with E-state index in [1.165, 1.54) is 0 Å². The fraction of sp³-hybridized carbons (Fsp3) is 0.588. The van der Waals surface area contributed by atoms with E-state index in [4.69, 9.17) is 16.7 Å². The van der Waals surface area contributed by atoms with Crippen LogP contribution in [0.1, 0.15) is 26.2 Å². The minimum Gasteiger partial charge on any atom is -0.395 e. The Labute approximate surface area is 143 Å². The number of hydrogen-bond acceptors (Lipinski definition) is 3. The molecule has 2 amide bonds. The maximum atomic E-state index is 12.4. The number of rotatable bonds is 7. The predicted molar refractivity (Wildman–Crippen MR) is 94.2 cm³/mol. The van der Waals surface area contributed by atoms with Gasteiger partial charge in [0, 0.05) is 42.9 Å². The van der Waals surface area contributed by atoms with Crippen LogP contribution in [0.25, 0.3) is 0 Å². The van der Waals surface area contributed by atoms with Gasteiger partial charge in [0.25, 0.3) is 0 Å². The molecule has 2 N–H and O–H groups in total. The van der Waals surface area contributed by atoms with Crippen LogP contribution in [0, 0.1) is 0 Å². The number of urea groups is 1. The van der Waals surface area contributed by atoms with E-state index in [2.05, 4.69) is 17.1 Å². The summed E-state index contributed by atoms with van der Waals surface area (Å²) >= 11 is 6.04. The molecule has 128 valence electrons. The lowest BCUT2D eigenvalue weighted by atomic mass is 10.2. The molecular formula is C17H26ClN3O2. The van der Waals surface area contributed by atoms with Gasteiger partial charge in [0.2, 0.25) is 0 Å². The first-order valence-electron chi connectivity index (χ1n) is 8.31. The molecule has 1 aromatic carbocycles. The van der Waals surface area contributed by atoms with Crippen molar-refractivity contribution in [1.29, 1.82) is 0 Å². The summed E-state index contributed by atoms with van der Waals surface area (Å²) in [6.07, 6.45) is 2.90. The third-order valence-corrected chi connectivity index (χ3v) is 4.36. The van der Waals surface area contributed by atoms with Crippen molar-refractivity contribution in [2.75, 3.05) is 37.7 Å². The third kappa shape index (κ3) is 5.29. The second-order valence-electron chi connectivity index (χ2n) is 5.93. The number of nitrogens with one attached hydrogen (secondary N) is 1. The lowest BCUT2D eigenvalue weighted by Crippen LogP contribution is -2.47. The van der Waals surface area contributed by atoms with E-state index in [0.717, 1.165) is 43.1 Å². The zero-order chi connectivity index (χ0) is 16.7. The number of aliphatic hydroxyl groups excluding tert-OH is 1. The molecule has 5 nitrogen and oxygen atoms in total. The van der Waals surface area contributed by atoms with Gasteiger partial charge in [-0.05, 0) is 31.0 Å². The van der Waals surface area contributed by atoms with Gasteiger partial charge in [-0.2, -0.15) is 0 Å². The monoisotopic (exact) mass is 339 g/mol. The molecule has 0 aliphatic carbocycles. The quantitative estimate of drug-likeness (QED) is 0.803. The van der Waals surface area contributed by atoms with Crippen LogP contribution in [0.5, 0.6) is 0 Å². The molecule has 23 heavy (non-hydrogen) atoms. The van der Waals surface area contributed by atoms with Crippen molar-refractivity contribution in [1.82, 2.24) is 10.2 Å². The van der Waals surface area contributed by atoms with Crippen LogP contribution in [0.15, 0.2) is 24.3 Å². The van der Waals surface area contributed by atoms with Crippen LogP contribution in [-0.2, 0) is 0 Å². The molecule has 0 radical (unpaired) electrons. The highest BCUT2D eigenvalue weighted by atomic mass is 35.5. The van der Waals surface area contributed by atoms with Gasteiger partial charge in [0.1, 0.15) is 0 Å². The first kappa shape index (κ1) is 17.9. The van der Waals surface area contributed by atoms with Gasteiger partial charge in [-0.3, -0.25) is 0 Å². The van der Waals surface area contributed by atoms with Crippen molar-refractivity contribution < 1.29 is 9.90 Å². The number of halogens is 1. The number of anilines is 1. The highest BCUT2D eigenvalue weighted by Gasteiger charge is 2.25. The Morgan fingerprint density at radius 3 is 3.00 bits per heavy atom. The summed E-state index contributed by atoms with van der Waals surface area (Å²) < 4.78 is 0. The van der Waals surface area contributed by atoms with Crippen LogP contribution in [0.4, 0.5) is 10.5 Å². The zero-order valence-corrected chi connectivity index (χ0v) is 14.4. The van der Waals surface area contributed by atoms with Crippen molar-refractivity contribution in [2.24, 2.45) is 0 Å². The maximum absolute atomic E-state index is 12.4. The second-order valence-corrected chi connectivity index (χ2v) is 6.36. The molecule has 2 rings (SSSR count). The third-order valence-electron chi connectivity index (χ3n) is 4.13. The van der Waals surface area contributed by atoms with Crippen LogP contribution in [0.3, 0.4) is 0 Å². The van der Waals surface area contributed by atoms with Crippen molar-refractivity contribution in [3.05, 3.63) is 29.3 Å². The lowest BCUT2D eigenvalue weighted by Gasteiger charge is -2.25. The van der Waals surface area contributed by atoms with E-state index in [-0.39, 0.29) is 18.7 Å². The number of amides is 2. The van der Waals surface area contributed by atoms with Crippen molar-refractivity contribution >= 4 is 23.3 Å². The standard InChI is InChI=1S/C17H26ClN3O2/c1-2-3-8-20(10-11-22)17(23)19-15-7-9-21(13-15)16-6-4-5-14(18)12-16/h4-6,12,15,22H,2-3,7-11,13H2,1H3,(H,19,23). The Balaban J connectivity index is 1.87. The molecule has 1 aromatic rings. The Hall–Kier alpha value is -1.46. The normalized spacial score (nSPS) is 17.3. The fourth-order valence-corrected chi connectivity index (χ4v) is 3.02. The summed E-state index contributed by atoms with van der Waals surface area (Å²) in [5.74, 6) is 0. The van der Waals surface area contributed by atoms with Gasteiger partial charge in [0.05, 0.1) is 6.61 Å². The van der Waals surface area contributed by atoms with Gasteiger partial charge < -0.3 is 20.2 Å². The molecule has 6 heteroatoms. The number of nitrogens with zero attached hydrogens (tertiary/aromatic N) is 2.